The molecule has 2 N–H and O–H groups in total. The number of nitrogens with one attached hydrogen (secondary N) is 2. The summed E-state index contributed by atoms with van der Waals surface area (Å²) in [6, 6.07) is 5.56. The maximum atomic E-state index is 13.0. The average Bonchev–Trinajstić information content (AvgIpc) is 3.01. The van der Waals surface area contributed by atoms with Crippen LogP contribution in [0.2, 0.25) is 0 Å². The molecule has 0 saturated carbocycles. The van der Waals surface area contributed by atoms with E-state index in [1.165, 1.54) is 11.8 Å². The number of aromatic amines is 1. The predicted molar refractivity (Wildman–Crippen MR) is 122 cm³/mol. The van der Waals surface area contributed by atoms with Crippen LogP contribution in [0.25, 0.3) is 10.9 Å². The van der Waals surface area contributed by atoms with Crippen molar-refractivity contribution in [3.8, 4) is 5.75 Å². The Morgan fingerprint density at radius 1 is 1.23 bits per heavy atom. The fraction of sp³-hybridized carbons (Fsp3) is 0.545. The number of thioether (sulfide) groups is 1. The molecule has 1 atom stereocenters. The molecule has 0 aliphatic rings. The Morgan fingerprint density at radius 3 is 2.53 bits per heavy atom. The number of hydrogen-bond donors (Lipinski definition) is 2. The van der Waals surface area contributed by atoms with E-state index in [1.54, 1.807) is 26.8 Å². The van der Waals surface area contributed by atoms with Crippen molar-refractivity contribution in [1.82, 2.24) is 15.2 Å². The fourth-order valence-electron chi connectivity index (χ4n) is 2.84. The zero-order valence-electron chi connectivity index (χ0n) is 18.9. The number of esters is 1. The summed E-state index contributed by atoms with van der Waals surface area (Å²) in [6.07, 6.45) is 2.12. The number of rotatable bonds is 8. The lowest BCUT2D eigenvalue weighted by Gasteiger charge is -2.23. The summed E-state index contributed by atoms with van der Waals surface area (Å²) in [4.78, 5) is 30.5. The Balaban J connectivity index is 2.22. The molecule has 7 nitrogen and oxygen atoms in total. The molecule has 1 amide bonds. The third kappa shape index (κ3) is 7.25. The van der Waals surface area contributed by atoms with Gasteiger partial charge in [0.15, 0.2) is 5.37 Å². The molecule has 1 aromatic heterocycles. The van der Waals surface area contributed by atoms with Crippen LogP contribution in [0.1, 0.15) is 40.2 Å². The summed E-state index contributed by atoms with van der Waals surface area (Å²) in [5, 5.41) is 2.75. The smallest absolute Gasteiger partial charge is 0.409 e. The molecule has 8 heteroatoms. The van der Waals surface area contributed by atoms with Gasteiger partial charge in [-0.15, -0.1) is 11.8 Å². The van der Waals surface area contributed by atoms with Gasteiger partial charge in [0.2, 0.25) is 0 Å². The van der Waals surface area contributed by atoms with Crippen LogP contribution in [0.15, 0.2) is 24.4 Å². The zero-order chi connectivity index (χ0) is 22.5. The number of carbonyl (C=O) groups is 2. The van der Waals surface area contributed by atoms with E-state index < -0.39 is 23.0 Å². The Morgan fingerprint density at radius 2 is 1.93 bits per heavy atom. The number of carbonyl (C=O) groups excluding carboxylic acids is 2. The lowest BCUT2D eigenvalue weighted by molar-refractivity contribution is -0.134. The third-order valence-corrected chi connectivity index (χ3v) is 5.19. The summed E-state index contributed by atoms with van der Waals surface area (Å²) >= 11 is 1.31. The van der Waals surface area contributed by atoms with Gasteiger partial charge in [-0.3, -0.25) is 5.32 Å². The molecule has 0 aliphatic heterocycles. The van der Waals surface area contributed by atoms with Crippen LogP contribution in [0.4, 0.5) is 4.79 Å². The second-order valence-electron chi connectivity index (χ2n) is 8.68. The molecule has 0 saturated heterocycles. The molecule has 0 aliphatic carbocycles. The van der Waals surface area contributed by atoms with Crippen LogP contribution in [0.3, 0.4) is 0 Å². The quantitative estimate of drug-likeness (QED) is 0.368. The minimum atomic E-state index is -0.876. The van der Waals surface area contributed by atoms with E-state index >= 15 is 0 Å². The molecule has 2 rings (SSSR count). The molecule has 0 spiro atoms. The van der Waals surface area contributed by atoms with Gasteiger partial charge in [-0.25, -0.2) is 9.59 Å². The molecule has 2 aromatic rings. The predicted octanol–water partition coefficient (Wildman–Crippen LogP) is 4.17. The summed E-state index contributed by atoms with van der Waals surface area (Å²) in [6.45, 7) is 10.1. The summed E-state index contributed by atoms with van der Waals surface area (Å²) in [5.74, 6) is -0.0559. The number of hydrogen-bond acceptors (Lipinski definition) is 6. The number of aromatic nitrogens is 1. The van der Waals surface area contributed by atoms with E-state index in [2.05, 4.69) is 15.2 Å². The highest BCUT2D eigenvalue weighted by atomic mass is 32.2. The molecule has 0 fully saturated rings. The maximum Gasteiger partial charge on any atom is 0.409 e. The van der Waals surface area contributed by atoms with E-state index in [1.807, 2.05) is 46.3 Å². The summed E-state index contributed by atoms with van der Waals surface area (Å²) in [5.41, 5.74) is 1.33. The number of alkyl carbamates (subject to hydrolysis) is 1. The number of H-pyrrole nitrogens is 1. The first kappa shape index (κ1) is 24.1. The minimum Gasteiger partial charge on any atom is -0.444 e. The van der Waals surface area contributed by atoms with E-state index in [9.17, 15) is 9.59 Å². The number of nitrogens with zero attached hydrogens (tertiary/aromatic N) is 1. The molecule has 0 bridgehead atoms. The highest BCUT2D eigenvalue weighted by Crippen LogP contribution is 2.30. The number of amides is 1. The van der Waals surface area contributed by atoms with Gasteiger partial charge in [-0.05, 0) is 59.0 Å². The van der Waals surface area contributed by atoms with Gasteiger partial charge >= 0.3 is 12.1 Å². The van der Waals surface area contributed by atoms with Crippen molar-refractivity contribution >= 4 is 34.7 Å². The van der Waals surface area contributed by atoms with Gasteiger partial charge in [0.05, 0.1) is 0 Å². The SMILES string of the molecule is CC(C)S[C@H](NC(=O)OC(C)(C)C)C(=O)Oc1cccc2[nH]cc(CCN(C)C)c12. The second kappa shape index (κ2) is 10.2. The van der Waals surface area contributed by atoms with Gasteiger partial charge in [-0.1, -0.05) is 19.9 Å². The van der Waals surface area contributed by atoms with Gasteiger partial charge in [0, 0.05) is 28.9 Å². The van der Waals surface area contributed by atoms with Crippen molar-refractivity contribution in [2.45, 2.75) is 57.3 Å². The van der Waals surface area contributed by atoms with Crippen LogP contribution in [-0.2, 0) is 16.0 Å². The Bertz CT molecular complexity index is 871. The highest BCUT2D eigenvalue weighted by molar-refractivity contribution is 8.01. The van der Waals surface area contributed by atoms with E-state index in [4.69, 9.17) is 9.47 Å². The van der Waals surface area contributed by atoms with Gasteiger partial charge in [-0.2, -0.15) is 0 Å². The normalized spacial score (nSPS) is 13.0. The van der Waals surface area contributed by atoms with E-state index in [0.717, 1.165) is 29.4 Å². The van der Waals surface area contributed by atoms with Gasteiger partial charge in [0.1, 0.15) is 11.4 Å². The summed E-state index contributed by atoms with van der Waals surface area (Å²) in [7, 11) is 4.04. The molecule has 1 heterocycles. The minimum absolute atomic E-state index is 0.108. The molecule has 0 unspecified atom stereocenters. The number of ether oxygens (including phenoxy) is 2. The lowest BCUT2D eigenvalue weighted by Crippen LogP contribution is -2.44. The van der Waals surface area contributed by atoms with Crippen molar-refractivity contribution in [3.63, 3.8) is 0 Å². The molecule has 0 radical (unpaired) electrons. The van der Waals surface area contributed by atoms with Gasteiger partial charge in [0.25, 0.3) is 0 Å². The second-order valence-corrected chi connectivity index (χ2v) is 10.4. The van der Waals surface area contributed by atoms with E-state index in [0.29, 0.717) is 5.75 Å². The highest BCUT2D eigenvalue weighted by Gasteiger charge is 2.28. The Kier molecular flexibility index (Phi) is 8.20. The van der Waals surface area contributed by atoms with Crippen LogP contribution in [0, 0.1) is 0 Å². The largest absolute Gasteiger partial charge is 0.444 e. The van der Waals surface area contributed by atoms with Crippen LogP contribution >= 0.6 is 11.8 Å². The maximum absolute atomic E-state index is 13.0. The zero-order valence-corrected chi connectivity index (χ0v) is 19.7. The standard InChI is InChI=1S/C22H33N3O4S/c1-14(2)30-19(24-21(27)29-22(3,4)5)20(26)28-17-10-8-9-16-18(17)15(13-23-16)11-12-25(6)7/h8-10,13-14,19,23H,11-12H2,1-7H3,(H,24,27)/t19-/m0/s1. The Labute approximate surface area is 182 Å². The van der Waals surface area contributed by atoms with E-state index in [-0.39, 0.29) is 5.25 Å². The fourth-order valence-corrected chi connectivity index (χ4v) is 3.71. The van der Waals surface area contributed by atoms with Crippen LogP contribution in [-0.4, -0.2) is 58.8 Å². The molecule has 30 heavy (non-hydrogen) atoms. The first-order valence-corrected chi connectivity index (χ1v) is 11.0. The van der Waals surface area contributed by atoms with Crippen molar-refractivity contribution in [2.24, 2.45) is 0 Å². The third-order valence-electron chi connectivity index (χ3n) is 4.06. The number of benzene rings is 1. The molecular formula is C22H33N3O4S. The Hall–Kier alpha value is -2.19. The summed E-state index contributed by atoms with van der Waals surface area (Å²) < 4.78 is 11.1. The first-order chi connectivity index (χ1) is 14.0. The van der Waals surface area contributed by atoms with Crippen LogP contribution < -0.4 is 10.1 Å². The molecule has 1 aromatic carbocycles. The van der Waals surface area contributed by atoms with Crippen molar-refractivity contribution in [2.75, 3.05) is 20.6 Å². The molecule has 166 valence electrons. The van der Waals surface area contributed by atoms with Gasteiger partial charge < -0.3 is 19.4 Å². The number of likely N-dealkylation sites (N-methyl/N-ethyl adjacent to an activating group) is 1. The van der Waals surface area contributed by atoms with Crippen LogP contribution in [0.5, 0.6) is 5.75 Å². The topological polar surface area (TPSA) is 83.7 Å². The molecular weight excluding hydrogens is 402 g/mol. The van der Waals surface area contributed by atoms with Crippen molar-refractivity contribution < 1.29 is 19.1 Å². The lowest BCUT2D eigenvalue weighted by atomic mass is 10.1. The monoisotopic (exact) mass is 435 g/mol. The number of fused-ring (bicyclic) bond motifs is 1. The van der Waals surface area contributed by atoms with Crippen molar-refractivity contribution in [1.29, 1.82) is 0 Å². The average molecular weight is 436 g/mol. The first-order valence-electron chi connectivity index (χ1n) is 10.1. The van der Waals surface area contributed by atoms with Crippen molar-refractivity contribution in [3.05, 3.63) is 30.0 Å².